The number of thiophene rings is 2. The molecule has 0 radical (unpaired) electrons. The van der Waals surface area contributed by atoms with E-state index in [0.717, 1.165) is 29.0 Å². The van der Waals surface area contributed by atoms with E-state index in [1.807, 2.05) is 35.2 Å². The van der Waals surface area contributed by atoms with E-state index in [1.165, 1.54) is 16.9 Å². The van der Waals surface area contributed by atoms with Crippen molar-refractivity contribution in [3.8, 4) is 5.06 Å². The molecule has 1 amide bonds. The lowest BCUT2D eigenvalue weighted by Gasteiger charge is -2.10. The number of pyridine rings is 1. The summed E-state index contributed by atoms with van der Waals surface area (Å²) in [5, 5.41) is 16.9. The third-order valence-electron chi connectivity index (χ3n) is 4.02. The number of fused-ring (bicyclic) bond motifs is 1. The molecular weight excluding hydrogens is 394 g/mol. The maximum absolute atomic E-state index is 12.1. The summed E-state index contributed by atoms with van der Waals surface area (Å²) < 4.78 is 5.46. The molecule has 0 aliphatic rings. The number of hydrogen-bond donors (Lipinski definition) is 4. The van der Waals surface area contributed by atoms with Crippen LogP contribution >= 0.6 is 22.7 Å². The van der Waals surface area contributed by atoms with E-state index in [1.54, 1.807) is 17.5 Å². The number of rotatable bonds is 8. The van der Waals surface area contributed by atoms with Gasteiger partial charge in [-0.2, -0.15) is 11.3 Å². The third-order valence-corrected chi connectivity index (χ3v) is 5.55. The normalized spacial score (nSPS) is 10.9. The molecule has 4 N–H and O–H groups in total. The van der Waals surface area contributed by atoms with Gasteiger partial charge in [0, 0.05) is 37.4 Å². The van der Waals surface area contributed by atoms with Crippen LogP contribution in [0.3, 0.4) is 0 Å². The predicted molar refractivity (Wildman–Crippen MR) is 114 cm³/mol. The summed E-state index contributed by atoms with van der Waals surface area (Å²) in [4.78, 5) is 19.4. The number of hydrogen-bond acceptors (Lipinski definition) is 7. The van der Waals surface area contributed by atoms with Crippen molar-refractivity contribution in [1.82, 2.24) is 20.6 Å². The zero-order valence-corrected chi connectivity index (χ0v) is 16.5. The second-order valence-corrected chi connectivity index (χ2v) is 7.63. The van der Waals surface area contributed by atoms with Gasteiger partial charge < -0.3 is 25.7 Å². The zero-order chi connectivity index (χ0) is 19.2. The number of nitrogens with one attached hydrogen (secondary N) is 4. The molecule has 4 aromatic rings. The van der Waals surface area contributed by atoms with Crippen LogP contribution in [0.15, 0.2) is 52.8 Å². The Hall–Kier alpha value is -2.88. The maximum atomic E-state index is 12.1. The van der Waals surface area contributed by atoms with Gasteiger partial charge in [-0.25, -0.2) is 9.78 Å². The molecule has 0 saturated heterocycles. The van der Waals surface area contributed by atoms with E-state index in [-0.39, 0.29) is 0 Å². The molecule has 4 heterocycles. The molecule has 0 spiro atoms. The van der Waals surface area contributed by atoms with Crippen LogP contribution in [0.1, 0.15) is 5.56 Å². The maximum Gasteiger partial charge on any atom is 0.413 e. The number of H-pyrrole nitrogens is 1. The largest absolute Gasteiger partial charge is 0.413 e. The van der Waals surface area contributed by atoms with Crippen molar-refractivity contribution in [1.29, 1.82) is 0 Å². The fourth-order valence-electron chi connectivity index (χ4n) is 2.68. The van der Waals surface area contributed by atoms with Gasteiger partial charge in [0.25, 0.3) is 0 Å². The molecule has 4 aromatic heterocycles. The number of aromatic amines is 1. The van der Waals surface area contributed by atoms with E-state index in [2.05, 4.69) is 37.4 Å². The number of carbonyl (C=O) groups excluding carboxylic acids is 1. The lowest BCUT2D eigenvalue weighted by atomic mass is 10.3. The van der Waals surface area contributed by atoms with Crippen LogP contribution in [0.5, 0.6) is 5.06 Å². The summed E-state index contributed by atoms with van der Waals surface area (Å²) in [7, 11) is 0. The molecule has 0 aromatic carbocycles. The second kappa shape index (κ2) is 8.87. The predicted octanol–water partition coefficient (Wildman–Crippen LogP) is 4.31. The van der Waals surface area contributed by atoms with Crippen LogP contribution in [0, 0.1) is 0 Å². The molecule has 0 bridgehead atoms. The summed E-state index contributed by atoms with van der Waals surface area (Å²) in [5.41, 5.74) is 3.68. The third kappa shape index (κ3) is 4.50. The Morgan fingerprint density at radius 1 is 1.14 bits per heavy atom. The van der Waals surface area contributed by atoms with Gasteiger partial charge in [0.05, 0.1) is 11.4 Å². The number of anilines is 2. The van der Waals surface area contributed by atoms with Crippen molar-refractivity contribution in [2.75, 3.05) is 18.4 Å². The van der Waals surface area contributed by atoms with Crippen molar-refractivity contribution in [2.24, 2.45) is 0 Å². The van der Waals surface area contributed by atoms with Gasteiger partial charge in [-0.05, 0) is 46.0 Å². The number of nitrogens with zero attached hydrogens (tertiary/aromatic N) is 1. The van der Waals surface area contributed by atoms with E-state index in [9.17, 15) is 4.79 Å². The minimum absolute atomic E-state index is 0.468. The molecule has 0 aliphatic heterocycles. The monoisotopic (exact) mass is 413 g/mol. The SMILES string of the molecule is O=C(NCCNCc1ccsc1)Oc1sccc1Nc1ccnc2[nH]ccc12. The highest BCUT2D eigenvalue weighted by Crippen LogP contribution is 2.35. The minimum atomic E-state index is -0.468. The van der Waals surface area contributed by atoms with E-state index in [4.69, 9.17) is 4.74 Å². The van der Waals surface area contributed by atoms with Gasteiger partial charge in [-0.15, -0.1) is 11.3 Å². The number of amides is 1. The highest BCUT2D eigenvalue weighted by atomic mass is 32.1. The highest BCUT2D eigenvalue weighted by Gasteiger charge is 2.12. The molecule has 144 valence electrons. The minimum Gasteiger partial charge on any atom is -0.397 e. The Bertz CT molecular complexity index is 1040. The molecule has 0 aliphatic carbocycles. The summed E-state index contributed by atoms with van der Waals surface area (Å²) in [6.07, 6.45) is 3.10. The zero-order valence-electron chi connectivity index (χ0n) is 14.9. The smallest absolute Gasteiger partial charge is 0.397 e. The lowest BCUT2D eigenvalue weighted by Crippen LogP contribution is -2.33. The first-order valence-corrected chi connectivity index (χ1v) is 10.6. The van der Waals surface area contributed by atoms with Crippen molar-refractivity contribution >= 4 is 51.2 Å². The van der Waals surface area contributed by atoms with Crippen molar-refractivity contribution in [3.63, 3.8) is 0 Å². The molecular formula is C19H19N5O2S2. The topological polar surface area (TPSA) is 91.1 Å². The van der Waals surface area contributed by atoms with E-state index in [0.29, 0.717) is 18.2 Å². The van der Waals surface area contributed by atoms with Gasteiger partial charge in [-0.3, -0.25) is 0 Å². The average Bonchev–Trinajstić information content (AvgIpc) is 3.44. The molecule has 7 nitrogen and oxygen atoms in total. The van der Waals surface area contributed by atoms with Crippen molar-refractivity contribution in [2.45, 2.75) is 6.54 Å². The molecule has 0 saturated carbocycles. The van der Waals surface area contributed by atoms with Crippen LogP contribution in [0.25, 0.3) is 11.0 Å². The molecule has 9 heteroatoms. The molecule has 4 rings (SSSR count). The molecule has 28 heavy (non-hydrogen) atoms. The van der Waals surface area contributed by atoms with Crippen molar-refractivity contribution in [3.05, 3.63) is 58.4 Å². The van der Waals surface area contributed by atoms with E-state index < -0.39 is 6.09 Å². The fraction of sp³-hybridized carbons (Fsp3) is 0.158. The van der Waals surface area contributed by atoms with Crippen molar-refractivity contribution < 1.29 is 9.53 Å². The number of carbonyl (C=O) groups is 1. The van der Waals surface area contributed by atoms with Gasteiger partial charge in [0.15, 0.2) is 0 Å². The summed E-state index contributed by atoms with van der Waals surface area (Å²) in [6.45, 7) is 1.95. The Morgan fingerprint density at radius 2 is 2.11 bits per heavy atom. The van der Waals surface area contributed by atoms with Gasteiger partial charge in [-0.1, -0.05) is 0 Å². The fourth-order valence-corrected chi connectivity index (χ4v) is 4.05. The molecule has 0 unspecified atom stereocenters. The standard InChI is InChI=1S/C19H19N5O2S2/c25-19(23-8-7-20-11-13-3-9-27-12-13)26-18-16(4-10-28-18)24-15-2-6-22-17-14(15)1-5-21-17/h1-6,9-10,12,20H,7-8,11H2,(H,23,25)(H2,21,22,24). The summed E-state index contributed by atoms with van der Waals surface area (Å²) in [6, 6.07) is 7.80. The van der Waals surface area contributed by atoms with Gasteiger partial charge in [0.2, 0.25) is 5.06 Å². The quantitative estimate of drug-likeness (QED) is 0.323. The Balaban J connectivity index is 1.28. The van der Waals surface area contributed by atoms with Crippen LogP contribution in [0.2, 0.25) is 0 Å². The molecule has 0 fully saturated rings. The number of aromatic nitrogens is 2. The first-order valence-electron chi connectivity index (χ1n) is 8.74. The second-order valence-electron chi connectivity index (χ2n) is 5.97. The Labute approximate surface area is 169 Å². The van der Waals surface area contributed by atoms with Crippen LogP contribution < -0.4 is 20.7 Å². The Morgan fingerprint density at radius 3 is 3.00 bits per heavy atom. The highest BCUT2D eigenvalue weighted by molar-refractivity contribution is 7.12. The Kier molecular flexibility index (Phi) is 5.86. The average molecular weight is 414 g/mol. The first kappa shape index (κ1) is 18.5. The van der Waals surface area contributed by atoms with Gasteiger partial charge in [0.1, 0.15) is 5.65 Å². The summed E-state index contributed by atoms with van der Waals surface area (Å²) >= 11 is 3.04. The first-order chi connectivity index (χ1) is 13.8. The van der Waals surface area contributed by atoms with E-state index >= 15 is 0 Å². The lowest BCUT2D eigenvalue weighted by molar-refractivity contribution is 0.202. The van der Waals surface area contributed by atoms with Crippen LogP contribution in [0.4, 0.5) is 16.2 Å². The van der Waals surface area contributed by atoms with Gasteiger partial charge >= 0.3 is 6.09 Å². The summed E-state index contributed by atoms with van der Waals surface area (Å²) in [5.74, 6) is 0. The van der Waals surface area contributed by atoms with Crippen LogP contribution in [-0.4, -0.2) is 29.2 Å². The molecule has 0 atom stereocenters. The van der Waals surface area contributed by atoms with Crippen LogP contribution in [-0.2, 0) is 6.54 Å². The number of ether oxygens (including phenoxy) is 1.